The third-order valence-corrected chi connectivity index (χ3v) is 2.08. The van der Waals surface area contributed by atoms with Crippen LogP contribution in [0.1, 0.15) is 20.3 Å². The van der Waals surface area contributed by atoms with Gasteiger partial charge in [0.15, 0.2) is 17.7 Å². The Balaban J connectivity index is 2.77. The molecule has 0 aliphatic rings. The summed E-state index contributed by atoms with van der Waals surface area (Å²) in [5.74, 6) is -2.25. The minimum Gasteiger partial charge on any atom is -0.476 e. The van der Waals surface area contributed by atoms with E-state index in [0.717, 1.165) is 12.1 Å². The largest absolute Gasteiger partial charge is 0.476 e. The molecule has 1 rings (SSSR count). The minimum atomic E-state index is -0.880. The van der Waals surface area contributed by atoms with Gasteiger partial charge in [-0.15, -0.1) is 0 Å². The zero-order chi connectivity index (χ0) is 12.8. The first kappa shape index (κ1) is 13.4. The Hall–Kier alpha value is -1.65. The number of rotatable bonds is 5. The van der Waals surface area contributed by atoms with Gasteiger partial charge in [0.1, 0.15) is 5.82 Å². The first-order chi connectivity index (χ1) is 8.08. The maximum absolute atomic E-state index is 13.3. The van der Waals surface area contributed by atoms with Gasteiger partial charge >= 0.3 is 5.97 Å². The first-order valence-electron chi connectivity index (χ1n) is 5.36. The third-order valence-electron chi connectivity index (χ3n) is 2.08. The predicted octanol–water partition coefficient (Wildman–Crippen LogP) is 2.69. The summed E-state index contributed by atoms with van der Waals surface area (Å²) in [5.41, 5.74) is 0. The molecule has 1 unspecified atom stereocenters. The zero-order valence-corrected chi connectivity index (χ0v) is 9.70. The quantitative estimate of drug-likeness (QED) is 0.747. The second-order valence-electron chi connectivity index (χ2n) is 3.34. The highest BCUT2D eigenvalue weighted by atomic mass is 19.1. The van der Waals surface area contributed by atoms with E-state index in [1.807, 2.05) is 0 Å². The van der Waals surface area contributed by atoms with Crippen LogP contribution in [0.15, 0.2) is 18.2 Å². The average Bonchev–Trinajstić information content (AvgIpc) is 2.28. The van der Waals surface area contributed by atoms with Crippen LogP contribution in [-0.2, 0) is 9.53 Å². The van der Waals surface area contributed by atoms with Crippen LogP contribution in [0.3, 0.4) is 0 Å². The van der Waals surface area contributed by atoms with E-state index in [0.29, 0.717) is 12.5 Å². The number of carbonyl (C=O) groups excluding carboxylic acids is 1. The molecule has 0 N–H and O–H groups in total. The molecule has 5 heteroatoms. The standard InChI is InChI=1S/C12H14F2O3/c1-3-10(12(15)16-4-2)17-11-6-5-8(13)7-9(11)14/h5-7,10H,3-4H2,1-2H3. The Kier molecular flexibility index (Phi) is 4.87. The van der Waals surface area contributed by atoms with Gasteiger partial charge in [-0.3, -0.25) is 0 Å². The summed E-state index contributed by atoms with van der Waals surface area (Å²) in [5, 5.41) is 0. The van der Waals surface area contributed by atoms with Crippen LogP contribution < -0.4 is 4.74 Å². The molecule has 0 saturated carbocycles. The Morgan fingerprint density at radius 2 is 2.06 bits per heavy atom. The number of esters is 1. The van der Waals surface area contributed by atoms with Crippen LogP contribution in [0.5, 0.6) is 5.75 Å². The van der Waals surface area contributed by atoms with Gasteiger partial charge in [-0.25, -0.2) is 13.6 Å². The summed E-state index contributed by atoms with van der Waals surface area (Å²) >= 11 is 0. The lowest BCUT2D eigenvalue weighted by atomic mass is 10.2. The molecule has 1 aromatic carbocycles. The molecule has 0 amide bonds. The molecule has 0 aliphatic heterocycles. The SMILES string of the molecule is CCOC(=O)C(CC)Oc1ccc(F)cc1F. The minimum absolute atomic E-state index is 0.161. The maximum atomic E-state index is 13.3. The number of ether oxygens (including phenoxy) is 2. The lowest BCUT2D eigenvalue weighted by molar-refractivity contribution is -0.151. The van der Waals surface area contributed by atoms with Gasteiger partial charge in [-0.05, 0) is 25.5 Å². The molecule has 0 spiro atoms. The molecule has 1 aromatic rings. The topological polar surface area (TPSA) is 35.5 Å². The van der Waals surface area contributed by atoms with Crippen molar-refractivity contribution in [1.82, 2.24) is 0 Å². The zero-order valence-electron chi connectivity index (χ0n) is 9.70. The Bertz CT molecular complexity index is 393. The van der Waals surface area contributed by atoms with Gasteiger partial charge in [0, 0.05) is 6.07 Å². The van der Waals surface area contributed by atoms with Gasteiger partial charge in [-0.1, -0.05) is 6.92 Å². The number of benzene rings is 1. The monoisotopic (exact) mass is 244 g/mol. The van der Waals surface area contributed by atoms with E-state index >= 15 is 0 Å². The summed E-state index contributed by atoms with van der Waals surface area (Å²) in [4.78, 5) is 11.4. The van der Waals surface area contributed by atoms with Crippen LogP contribution in [0, 0.1) is 11.6 Å². The normalized spacial score (nSPS) is 12.0. The van der Waals surface area contributed by atoms with Gasteiger partial charge < -0.3 is 9.47 Å². The van der Waals surface area contributed by atoms with E-state index in [2.05, 4.69) is 0 Å². The number of carbonyl (C=O) groups is 1. The summed E-state index contributed by atoms with van der Waals surface area (Å²) in [6, 6.07) is 2.91. The number of hydrogen-bond donors (Lipinski definition) is 0. The predicted molar refractivity (Wildman–Crippen MR) is 57.7 cm³/mol. The number of hydrogen-bond acceptors (Lipinski definition) is 3. The average molecular weight is 244 g/mol. The van der Waals surface area contributed by atoms with E-state index in [1.54, 1.807) is 13.8 Å². The van der Waals surface area contributed by atoms with E-state index in [1.165, 1.54) is 0 Å². The molecule has 3 nitrogen and oxygen atoms in total. The third kappa shape index (κ3) is 3.69. The molecule has 94 valence electrons. The van der Waals surface area contributed by atoms with Crippen LogP contribution in [0.25, 0.3) is 0 Å². The highest BCUT2D eigenvalue weighted by Gasteiger charge is 2.21. The van der Waals surface area contributed by atoms with Crippen molar-refractivity contribution >= 4 is 5.97 Å². The van der Waals surface area contributed by atoms with Crippen LogP contribution in [-0.4, -0.2) is 18.7 Å². The fraction of sp³-hybridized carbons (Fsp3) is 0.417. The van der Waals surface area contributed by atoms with E-state index in [9.17, 15) is 13.6 Å². The maximum Gasteiger partial charge on any atom is 0.347 e. The fourth-order valence-electron chi connectivity index (χ4n) is 1.26. The summed E-state index contributed by atoms with van der Waals surface area (Å²) in [7, 11) is 0. The molecule has 0 aliphatic carbocycles. The molecule has 0 bridgehead atoms. The van der Waals surface area contributed by atoms with Crippen molar-refractivity contribution in [3.05, 3.63) is 29.8 Å². The van der Waals surface area contributed by atoms with Crippen molar-refractivity contribution in [3.63, 3.8) is 0 Å². The second kappa shape index (κ2) is 6.18. The van der Waals surface area contributed by atoms with Gasteiger partial charge in [0.25, 0.3) is 0 Å². The highest BCUT2D eigenvalue weighted by Crippen LogP contribution is 2.20. The Labute approximate surface area is 98.3 Å². The highest BCUT2D eigenvalue weighted by molar-refractivity contribution is 5.75. The summed E-state index contributed by atoms with van der Waals surface area (Å²) in [6.45, 7) is 3.61. The van der Waals surface area contributed by atoms with Crippen molar-refractivity contribution < 1.29 is 23.0 Å². The lowest BCUT2D eigenvalue weighted by Gasteiger charge is -2.16. The molecular weight excluding hydrogens is 230 g/mol. The molecule has 0 fully saturated rings. The molecule has 17 heavy (non-hydrogen) atoms. The fourth-order valence-corrected chi connectivity index (χ4v) is 1.26. The Morgan fingerprint density at radius 3 is 2.59 bits per heavy atom. The van der Waals surface area contributed by atoms with E-state index in [-0.39, 0.29) is 12.4 Å². The van der Waals surface area contributed by atoms with Crippen molar-refractivity contribution in [1.29, 1.82) is 0 Å². The summed E-state index contributed by atoms with van der Waals surface area (Å²) < 4.78 is 35.9. The smallest absolute Gasteiger partial charge is 0.347 e. The van der Waals surface area contributed by atoms with Crippen molar-refractivity contribution in [2.75, 3.05) is 6.61 Å². The van der Waals surface area contributed by atoms with Gasteiger partial charge in [0.2, 0.25) is 0 Å². The van der Waals surface area contributed by atoms with E-state index in [4.69, 9.17) is 9.47 Å². The molecule has 1 atom stereocenters. The Morgan fingerprint density at radius 1 is 1.35 bits per heavy atom. The molecule has 0 aromatic heterocycles. The van der Waals surface area contributed by atoms with Crippen LogP contribution in [0.2, 0.25) is 0 Å². The number of halogens is 2. The van der Waals surface area contributed by atoms with Crippen molar-refractivity contribution in [3.8, 4) is 5.75 Å². The van der Waals surface area contributed by atoms with Crippen molar-refractivity contribution in [2.45, 2.75) is 26.4 Å². The first-order valence-corrected chi connectivity index (χ1v) is 5.36. The van der Waals surface area contributed by atoms with Gasteiger partial charge in [0.05, 0.1) is 6.61 Å². The molecule has 0 saturated heterocycles. The van der Waals surface area contributed by atoms with Crippen molar-refractivity contribution in [2.24, 2.45) is 0 Å². The lowest BCUT2D eigenvalue weighted by Crippen LogP contribution is -2.29. The van der Waals surface area contributed by atoms with Crippen LogP contribution in [0.4, 0.5) is 8.78 Å². The second-order valence-corrected chi connectivity index (χ2v) is 3.34. The molecular formula is C12H14F2O3. The van der Waals surface area contributed by atoms with E-state index < -0.39 is 23.7 Å². The van der Waals surface area contributed by atoms with Gasteiger partial charge in [-0.2, -0.15) is 0 Å². The summed E-state index contributed by atoms with van der Waals surface area (Å²) in [6.07, 6.45) is -0.537. The molecule has 0 radical (unpaired) electrons. The molecule has 0 heterocycles. The van der Waals surface area contributed by atoms with Crippen LogP contribution >= 0.6 is 0 Å².